The quantitative estimate of drug-likeness (QED) is 0.809. The molecule has 2 rings (SSSR count). The molecule has 2 aromatic rings. The lowest BCUT2D eigenvalue weighted by Crippen LogP contribution is -2.37. The van der Waals surface area contributed by atoms with Crippen molar-refractivity contribution in [3.8, 4) is 5.75 Å². The van der Waals surface area contributed by atoms with Crippen LogP contribution in [0.4, 0.5) is 0 Å². The van der Waals surface area contributed by atoms with E-state index in [0.29, 0.717) is 30.9 Å². The van der Waals surface area contributed by atoms with Crippen molar-refractivity contribution in [2.45, 2.75) is 13.3 Å². The number of hydrogen-bond donors (Lipinski definition) is 1. The van der Waals surface area contributed by atoms with Crippen LogP contribution in [-0.2, 0) is 11.2 Å². The van der Waals surface area contributed by atoms with Crippen molar-refractivity contribution in [2.75, 3.05) is 19.7 Å². The summed E-state index contributed by atoms with van der Waals surface area (Å²) in [5, 5.41) is 9.08. The Kier molecular flexibility index (Phi) is 6.37. The third kappa shape index (κ3) is 5.12. The molecule has 1 amide bonds. The molecule has 0 aliphatic rings. The standard InChI is InChI=1S/C19H21NO4/c1-2-24-17-10-8-16(9-11-17)19(23)20(14-18(21)22)13-12-15-6-4-3-5-7-15/h3-11H,2,12-14H2,1H3,(H,21,22). The van der Waals surface area contributed by atoms with E-state index in [1.807, 2.05) is 37.3 Å². The molecule has 0 fully saturated rings. The maximum Gasteiger partial charge on any atom is 0.323 e. The minimum absolute atomic E-state index is 0.295. The van der Waals surface area contributed by atoms with Gasteiger partial charge in [-0.05, 0) is 43.2 Å². The SMILES string of the molecule is CCOc1ccc(C(=O)N(CCc2ccccc2)CC(=O)O)cc1. The van der Waals surface area contributed by atoms with Gasteiger partial charge in [-0.3, -0.25) is 9.59 Å². The van der Waals surface area contributed by atoms with Crippen molar-refractivity contribution in [3.63, 3.8) is 0 Å². The van der Waals surface area contributed by atoms with Gasteiger partial charge in [0.25, 0.3) is 5.91 Å². The zero-order valence-corrected chi connectivity index (χ0v) is 13.6. The van der Waals surface area contributed by atoms with Gasteiger partial charge in [0.15, 0.2) is 0 Å². The van der Waals surface area contributed by atoms with Crippen molar-refractivity contribution in [2.24, 2.45) is 0 Å². The van der Waals surface area contributed by atoms with E-state index in [0.717, 1.165) is 5.56 Å². The number of aliphatic carboxylic acids is 1. The second kappa shape index (κ2) is 8.72. The summed E-state index contributed by atoms with van der Waals surface area (Å²) in [6.45, 7) is 2.47. The Hall–Kier alpha value is -2.82. The molecule has 0 spiro atoms. The van der Waals surface area contributed by atoms with Gasteiger partial charge in [-0.25, -0.2) is 0 Å². The predicted octanol–water partition coefficient (Wildman–Crippen LogP) is 2.85. The first-order valence-corrected chi connectivity index (χ1v) is 7.88. The van der Waals surface area contributed by atoms with Gasteiger partial charge in [0, 0.05) is 12.1 Å². The molecule has 24 heavy (non-hydrogen) atoms. The van der Waals surface area contributed by atoms with Crippen molar-refractivity contribution in [1.82, 2.24) is 4.90 Å². The van der Waals surface area contributed by atoms with Crippen LogP contribution in [0.15, 0.2) is 54.6 Å². The zero-order valence-electron chi connectivity index (χ0n) is 13.6. The topological polar surface area (TPSA) is 66.8 Å². The maximum atomic E-state index is 12.6. The van der Waals surface area contributed by atoms with Gasteiger partial charge in [0.2, 0.25) is 0 Å². The van der Waals surface area contributed by atoms with Gasteiger partial charge in [-0.15, -0.1) is 0 Å². The Morgan fingerprint density at radius 1 is 1.04 bits per heavy atom. The Morgan fingerprint density at radius 2 is 1.71 bits per heavy atom. The molecule has 1 N–H and O–H groups in total. The van der Waals surface area contributed by atoms with Crippen molar-refractivity contribution < 1.29 is 19.4 Å². The molecule has 2 aromatic carbocycles. The number of carboxylic acids is 1. The smallest absolute Gasteiger partial charge is 0.323 e. The molecule has 0 saturated heterocycles. The number of carbonyl (C=O) groups is 2. The van der Waals surface area contributed by atoms with E-state index in [9.17, 15) is 9.59 Å². The van der Waals surface area contributed by atoms with Crippen LogP contribution < -0.4 is 4.74 Å². The fourth-order valence-electron chi connectivity index (χ4n) is 2.37. The minimum Gasteiger partial charge on any atom is -0.494 e. The number of hydrogen-bond acceptors (Lipinski definition) is 3. The molecule has 5 nitrogen and oxygen atoms in total. The molecule has 0 atom stereocenters. The number of rotatable bonds is 8. The lowest BCUT2D eigenvalue weighted by molar-refractivity contribution is -0.137. The van der Waals surface area contributed by atoms with E-state index in [1.165, 1.54) is 4.90 Å². The maximum absolute atomic E-state index is 12.6. The van der Waals surface area contributed by atoms with E-state index in [-0.39, 0.29) is 12.5 Å². The minimum atomic E-state index is -1.03. The van der Waals surface area contributed by atoms with Crippen LogP contribution in [0.3, 0.4) is 0 Å². The van der Waals surface area contributed by atoms with Crippen LogP contribution in [0.5, 0.6) is 5.75 Å². The van der Waals surface area contributed by atoms with E-state index in [2.05, 4.69) is 0 Å². The summed E-state index contributed by atoms with van der Waals surface area (Å²) in [5.74, 6) is -0.637. The van der Waals surface area contributed by atoms with Crippen LogP contribution in [0.25, 0.3) is 0 Å². The molecule has 0 saturated carbocycles. The summed E-state index contributed by atoms with van der Waals surface area (Å²) in [6.07, 6.45) is 0.608. The Morgan fingerprint density at radius 3 is 2.29 bits per heavy atom. The van der Waals surface area contributed by atoms with Gasteiger partial charge in [-0.2, -0.15) is 0 Å². The highest BCUT2D eigenvalue weighted by atomic mass is 16.5. The highest BCUT2D eigenvalue weighted by molar-refractivity contribution is 5.96. The number of carbonyl (C=O) groups excluding carboxylic acids is 1. The summed E-state index contributed by atoms with van der Waals surface area (Å²) >= 11 is 0. The Labute approximate surface area is 141 Å². The van der Waals surface area contributed by atoms with E-state index >= 15 is 0 Å². The zero-order chi connectivity index (χ0) is 17.4. The average molecular weight is 327 g/mol. The molecule has 0 unspecified atom stereocenters. The summed E-state index contributed by atoms with van der Waals surface area (Å²) in [7, 11) is 0. The Bertz CT molecular complexity index is 668. The second-order valence-electron chi connectivity index (χ2n) is 5.31. The number of carboxylic acid groups (broad SMARTS) is 1. The van der Waals surface area contributed by atoms with Crippen molar-refractivity contribution in [3.05, 3.63) is 65.7 Å². The van der Waals surface area contributed by atoms with Crippen LogP contribution in [0.2, 0.25) is 0 Å². The number of ether oxygens (including phenoxy) is 1. The largest absolute Gasteiger partial charge is 0.494 e. The summed E-state index contributed by atoms with van der Waals surface area (Å²) < 4.78 is 5.35. The van der Waals surface area contributed by atoms with Gasteiger partial charge in [0.1, 0.15) is 12.3 Å². The monoisotopic (exact) mass is 327 g/mol. The Balaban J connectivity index is 2.07. The van der Waals surface area contributed by atoms with Crippen LogP contribution in [0.1, 0.15) is 22.8 Å². The first-order chi connectivity index (χ1) is 11.6. The third-order valence-electron chi connectivity index (χ3n) is 3.54. The van der Waals surface area contributed by atoms with E-state index in [1.54, 1.807) is 24.3 Å². The molecule has 5 heteroatoms. The lowest BCUT2D eigenvalue weighted by Gasteiger charge is -2.21. The molecule has 0 aliphatic heterocycles. The number of amides is 1. The van der Waals surface area contributed by atoms with E-state index in [4.69, 9.17) is 9.84 Å². The molecule has 0 aliphatic carbocycles. The third-order valence-corrected chi connectivity index (χ3v) is 3.54. The van der Waals surface area contributed by atoms with Gasteiger partial charge in [-0.1, -0.05) is 30.3 Å². The molecule has 0 radical (unpaired) electrons. The fourth-order valence-corrected chi connectivity index (χ4v) is 2.37. The molecule has 0 aromatic heterocycles. The molecular weight excluding hydrogens is 306 g/mol. The lowest BCUT2D eigenvalue weighted by atomic mass is 10.1. The summed E-state index contributed by atoms with van der Waals surface area (Å²) in [4.78, 5) is 25.0. The average Bonchev–Trinajstić information content (AvgIpc) is 2.59. The van der Waals surface area contributed by atoms with Crippen LogP contribution in [-0.4, -0.2) is 41.6 Å². The molecular formula is C19H21NO4. The van der Waals surface area contributed by atoms with Crippen LogP contribution >= 0.6 is 0 Å². The summed E-state index contributed by atoms with van der Waals surface area (Å²) in [5.41, 5.74) is 1.51. The molecule has 0 bridgehead atoms. The van der Waals surface area contributed by atoms with E-state index < -0.39 is 5.97 Å². The fraction of sp³-hybridized carbons (Fsp3) is 0.263. The second-order valence-corrected chi connectivity index (χ2v) is 5.31. The predicted molar refractivity (Wildman–Crippen MR) is 91.3 cm³/mol. The van der Waals surface area contributed by atoms with Crippen LogP contribution in [0, 0.1) is 0 Å². The molecule has 126 valence electrons. The number of benzene rings is 2. The highest BCUT2D eigenvalue weighted by Gasteiger charge is 2.18. The first-order valence-electron chi connectivity index (χ1n) is 7.88. The number of nitrogens with zero attached hydrogens (tertiary/aromatic N) is 1. The van der Waals surface area contributed by atoms with Crippen molar-refractivity contribution >= 4 is 11.9 Å². The normalized spacial score (nSPS) is 10.2. The van der Waals surface area contributed by atoms with Gasteiger partial charge >= 0.3 is 5.97 Å². The van der Waals surface area contributed by atoms with Gasteiger partial charge in [0.05, 0.1) is 6.61 Å². The first kappa shape index (κ1) is 17.5. The summed E-state index contributed by atoms with van der Waals surface area (Å²) in [6, 6.07) is 16.4. The molecule has 0 heterocycles. The van der Waals surface area contributed by atoms with Gasteiger partial charge < -0.3 is 14.7 Å². The van der Waals surface area contributed by atoms with Crippen molar-refractivity contribution in [1.29, 1.82) is 0 Å². The highest BCUT2D eigenvalue weighted by Crippen LogP contribution is 2.14.